The normalized spacial score (nSPS) is 14.9. The number of hydrogen-bond acceptors (Lipinski definition) is 3. The third-order valence-corrected chi connectivity index (χ3v) is 3.50. The van der Waals surface area contributed by atoms with Crippen LogP contribution in [0.15, 0.2) is 18.2 Å². The fourth-order valence-electron chi connectivity index (χ4n) is 2.64. The fraction of sp³-hybridized carbons (Fsp3) is 0.600. The molecule has 19 heavy (non-hydrogen) atoms. The molecule has 4 heteroatoms. The van der Waals surface area contributed by atoms with Gasteiger partial charge in [0, 0.05) is 24.2 Å². The molecular formula is C15H25FN2O. The molecule has 0 heterocycles. The Morgan fingerprint density at radius 3 is 2.42 bits per heavy atom. The Bertz CT molecular complexity index is 409. The van der Waals surface area contributed by atoms with Crippen LogP contribution in [0.2, 0.25) is 0 Å². The van der Waals surface area contributed by atoms with Gasteiger partial charge in [-0.2, -0.15) is 0 Å². The summed E-state index contributed by atoms with van der Waals surface area (Å²) in [4.78, 5) is 4.39. The minimum atomic E-state index is -0.309. The van der Waals surface area contributed by atoms with E-state index in [0.29, 0.717) is 11.6 Å². The van der Waals surface area contributed by atoms with Crippen LogP contribution in [0.3, 0.4) is 0 Å². The number of halogens is 1. The molecule has 0 saturated carbocycles. The van der Waals surface area contributed by atoms with Gasteiger partial charge in [0.05, 0.1) is 0 Å². The van der Waals surface area contributed by atoms with E-state index in [-0.39, 0.29) is 17.6 Å². The Morgan fingerprint density at radius 2 is 1.89 bits per heavy atom. The molecule has 1 aromatic rings. The molecule has 1 N–H and O–H groups in total. The van der Waals surface area contributed by atoms with Crippen molar-refractivity contribution in [2.75, 3.05) is 27.2 Å². The van der Waals surface area contributed by atoms with Crippen molar-refractivity contribution in [3.8, 4) is 5.75 Å². The number of nitrogens with zero attached hydrogens (tertiary/aromatic N) is 2. The van der Waals surface area contributed by atoms with E-state index in [4.69, 9.17) is 0 Å². The number of aromatic hydroxyl groups is 1. The molecule has 0 amide bonds. The first-order valence-corrected chi connectivity index (χ1v) is 6.75. The lowest BCUT2D eigenvalue weighted by molar-refractivity contribution is 0.135. The van der Waals surface area contributed by atoms with Crippen molar-refractivity contribution in [1.29, 1.82) is 0 Å². The average molecular weight is 268 g/mol. The zero-order chi connectivity index (χ0) is 14.6. The van der Waals surface area contributed by atoms with E-state index < -0.39 is 0 Å². The zero-order valence-electron chi connectivity index (χ0n) is 12.5. The molecule has 1 rings (SSSR count). The summed E-state index contributed by atoms with van der Waals surface area (Å²) in [6.07, 6.45) is 0. The average Bonchev–Trinajstić information content (AvgIpc) is 2.32. The summed E-state index contributed by atoms with van der Waals surface area (Å²) in [6.45, 7) is 8.01. The molecule has 0 aromatic heterocycles. The molecule has 108 valence electrons. The monoisotopic (exact) mass is 268 g/mol. The van der Waals surface area contributed by atoms with Crippen LogP contribution in [0.25, 0.3) is 0 Å². The highest BCUT2D eigenvalue weighted by molar-refractivity contribution is 5.35. The van der Waals surface area contributed by atoms with E-state index in [9.17, 15) is 9.50 Å². The summed E-state index contributed by atoms with van der Waals surface area (Å²) >= 11 is 0. The number of phenolic OH excluding ortho intramolecular Hbond substituents is 1. The van der Waals surface area contributed by atoms with Crippen LogP contribution in [-0.2, 0) is 0 Å². The first-order chi connectivity index (χ1) is 8.86. The van der Waals surface area contributed by atoms with Crippen molar-refractivity contribution < 1.29 is 9.50 Å². The van der Waals surface area contributed by atoms with Gasteiger partial charge >= 0.3 is 0 Å². The highest BCUT2D eigenvalue weighted by atomic mass is 19.1. The van der Waals surface area contributed by atoms with Crippen molar-refractivity contribution in [2.24, 2.45) is 0 Å². The Kier molecular flexibility index (Phi) is 5.76. The second kappa shape index (κ2) is 6.87. The van der Waals surface area contributed by atoms with Crippen molar-refractivity contribution in [2.45, 2.75) is 32.9 Å². The summed E-state index contributed by atoms with van der Waals surface area (Å²) in [7, 11) is 4.07. The number of rotatable bonds is 6. The van der Waals surface area contributed by atoms with Crippen molar-refractivity contribution in [1.82, 2.24) is 9.80 Å². The van der Waals surface area contributed by atoms with Gasteiger partial charge in [-0.25, -0.2) is 4.39 Å². The van der Waals surface area contributed by atoms with E-state index >= 15 is 0 Å². The van der Waals surface area contributed by atoms with Gasteiger partial charge in [0.25, 0.3) is 0 Å². The molecule has 0 fully saturated rings. The molecule has 0 aliphatic heterocycles. The van der Waals surface area contributed by atoms with E-state index in [1.165, 1.54) is 18.2 Å². The summed E-state index contributed by atoms with van der Waals surface area (Å²) in [6, 6.07) is 4.44. The highest BCUT2D eigenvalue weighted by Crippen LogP contribution is 2.30. The smallest absolute Gasteiger partial charge is 0.123 e. The standard InChI is InChI=1S/C15H25FN2O/c1-6-18(11(2)10-17(4)5)12(3)14-9-13(16)7-8-15(14)19/h7-9,11-12,19H,6,10H2,1-5H3. The summed E-state index contributed by atoms with van der Waals surface area (Å²) < 4.78 is 13.3. The van der Waals surface area contributed by atoms with Crippen LogP contribution < -0.4 is 0 Å². The Morgan fingerprint density at radius 1 is 1.26 bits per heavy atom. The van der Waals surface area contributed by atoms with Gasteiger partial charge < -0.3 is 10.0 Å². The Hall–Kier alpha value is -1.13. The van der Waals surface area contributed by atoms with Gasteiger partial charge in [0.1, 0.15) is 11.6 Å². The van der Waals surface area contributed by atoms with Gasteiger partial charge in [0.15, 0.2) is 0 Å². The van der Waals surface area contributed by atoms with E-state index in [2.05, 4.69) is 23.6 Å². The van der Waals surface area contributed by atoms with Crippen LogP contribution in [0, 0.1) is 5.82 Å². The predicted octanol–water partition coefficient (Wildman–Crippen LogP) is 2.86. The molecule has 0 saturated heterocycles. The van der Waals surface area contributed by atoms with Crippen LogP contribution >= 0.6 is 0 Å². The van der Waals surface area contributed by atoms with E-state index in [1.807, 2.05) is 21.0 Å². The minimum Gasteiger partial charge on any atom is -0.508 e. The van der Waals surface area contributed by atoms with Crippen molar-refractivity contribution in [3.05, 3.63) is 29.6 Å². The van der Waals surface area contributed by atoms with Crippen LogP contribution in [0.4, 0.5) is 4.39 Å². The van der Waals surface area contributed by atoms with Crippen LogP contribution in [0.5, 0.6) is 5.75 Å². The van der Waals surface area contributed by atoms with Crippen LogP contribution in [0.1, 0.15) is 32.4 Å². The summed E-state index contributed by atoms with van der Waals surface area (Å²) in [5.41, 5.74) is 0.646. The molecule has 0 aliphatic carbocycles. The molecule has 0 spiro atoms. The number of hydrogen-bond donors (Lipinski definition) is 1. The molecule has 2 unspecified atom stereocenters. The maximum absolute atomic E-state index is 13.3. The lowest BCUT2D eigenvalue weighted by Crippen LogP contribution is -2.41. The SMILES string of the molecule is CCN(C(C)CN(C)C)C(C)c1cc(F)ccc1O. The predicted molar refractivity (Wildman–Crippen MR) is 76.9 cm³/mol. The lowest BCUT2D eigenvalue weighted by Gasteiger charge is -2.35. The molecule has 2 atom stereocenters. The third kappa shape index (κ3) is 4.18. The second-order valence-corrected chi connectivity index (χ2v) is 5.32. The maximum Gasteiger partial charge on any atom is 0.123 e. The van der Waals surface area contributed by atoms with Crippen LogP contribution in [-0.4, -0.2) is 48.1 Å². The Balaban J connectivity index is 2.94. The van der Waals surface area contributed by atoms with E-state index in [1.54, 1.807) is 0 Å². The number of likely N-dealkylation sites (N-methyl/N-ethyl adjacent to an activating group) is 2. The first kappa shape index (κ1) is 15.9. The second-order valence-electron chi connectivity index (χ2n) is 5.32. The zero-order valence-corrected chi connectivity index (χ0v) is 12.5. The van der Waals surface area contributed by atoms with Gasteiger partial charge in [-0.3, -0.25) is 4.90 Å². The molecule has 3 nitrogen and oxygen atoms in total. The summed E-state index contributed by atoms with van der Waals surface area (Å²) in [5, 5.41) is 9.91. The first-order valence-electron chi connectivity index (χ1n) is 6.75. The topological polar surface area (TPSA) is 26.7 Å². The maximum atomic E-state index is 13.3. The largest absolute Gasteiger partial charge is 0.508 e. The molecule has 0 bridgehead atoms. The molecule has 0 aliphatic rings. The Labute approximate surface area is 115 Å². The summed E-state index contributed by atoms with van der Waals surface area (Å²) in [5.74, 6) is -0.152. The third-order valence-electron chi connectivity index (χ3n) is 3.50. The minimum absolute atomic E-state index is 0.0179. The number of benzene rings is 1. The van der Waals surface area contributed by atoms with Crippen molar-refractivity contribution in [3.63, 3.8) is 0 Å². The fourth-order valence-corrected chi connectivity index (χ4v) is 2.64. The number of phenols is 1. The molecular weight excluding hydrogens is 243 g/mol. The van der Waals surface area contributed by atoms with Gasteiger partial charge in [-0.15, -0.1) is 0 Å². The van der Waals surface area contributed by atoms with Gasteiger partial charge in [-0.05, 0) is 52.7 Å². The van der Waals surface area contributed by atoms with Gasteiger partial charge in [-0.1, -0.05) is 6.92 Å². The lowest BCUT2D eigenvalue weighted by atomic mass is 10.0. The quantitative estimate of drug-likeness (QED) is 0.859. The molecule has 1 aromatic carbocycles. The van der Waals surface area contributed by atoms with Gasteiger partial charge in [0.2, 0.25) is 0 Å². The molecule has 0 radical (unpaired) electrons. The van der Waals surface area contributed by atoms with E-state index in [0.717, 1.165) is 13.1 Å². The van der Waals surface area contributed by atoms with Crippen molar-refractivity contribution >= 4 is 0 Å². The highest BCUT2D eigenvalue weighted by Gasteiger charge is 2.22.